The summed E-state index contributed by atoms with van der Waals surface area (Å²) < 4.78 is 17.0. The van der Waals surface area contributed by atoms with Gasteiger partial charge in [0, 0.05) is 12.5 Å². The Labute approximate surface area is 215 Å². The number of rotatable bonds is 10. The van der Waals surface area contributed by atoms with Crippen LogP contribution in [0.5, 0.6) is 0 Å². The van der Waals surface area contributed by atoms with Gasteiger partial charge in [0.1, 0.15) is 25.5 Å². The fraction of sp³-hybridized carbons (Fsp3) is 0.444. The summed E-state index contributed by atoms with van der Waals surface area (Å²) in [6.07, 6.45) is -1.30. The number of carbonyl (C=O) groups is 3. The first-order valence-electron chi connectivity index (χ1n) is 12.0. The highest BCUT2D eigenvalue weighted by Crippen LogP contribution is 2.37. The third-order valence-corrected chi connectivity index (χ3v) is 10.8. The first kappa shape index (κ1) is 29.1. The van der Waals surface area contributed by atoms with Crippen LogP contribution in [0, 0.1) is 0 Å². The van der Waals surface area contributed by atoms with Gasteiger partial charge in [0.25, 0.3) is 0 Å². The van der Waals surface area contributed by atoms with Crippen LogP contribution >= 0.6 is 0 Å². The SMILES string of the molecule is CC(CC(C=O)N(NC(=O)OCc1ccccc1)C(=O)OCc1ccccc1)O[Si](C)(C)C(C)(C)C. The van der Waals surface area contributed by atoms with Crippen molar-refractivity contribution >= 4 is 26.8 Å². The lowest BCUT2D eigenvalue weighted by Gasteiger charge is -2.39. The molecule has 2 atom stereocenters. The summed E-state index contributed by atoms with van der Waals surface area (Å²) in [5, 5.41) is 0.862. The second kappa shape index (κ2) is 13.2. The third-order valence-electron chi connectivity index (χ3n) is 6.19. The minimum Gasteiger partial charge on any atom is -0.443 e. The van der Waals surface area contributed by atoms with E-state index in [9.17, 15) is 14.4 Å². The van der Waals surface area contributed by atoms with Crippen LogP contribution in [-0.2, 0) is 31.9 Å². The van der Waals surface area contributed by atoms with Gasteiger partial charge in [-0.3, -0.25) is 0 Å². The number of aldehydes is 1. The number of hydrogen-bond acceptors (Lipinski definition) is 6. The molecule has 196 valence electrons. The number of ether oxygens (including phenoxy) is 2. The monoisotopic (exact) mass is 514 g/mol. The second-order valence-electron chi connectivity index (χ2n) is 10.2. The van der Waals surface area contributed by atoms with Gasteiger partial charge in [0.05, 0.1) is 0 Å². The molecule has 0 radical (unpaired) electrons. The molecule has 8 nitrogen and oxygen atoms in total. The molecule has 0 saturated heterocycles. The Morgan fingerprint density at radius 3 is 1.92 bits per heavy atom. The van der Waals surface area contributed by atoms with E-state index in [-0.39, 0.29) is 30.8 Å². The normalized spacial score (nSPS) is 13.3. The van der Waals surface area contributed by atoms with Crippen LogP contribution < -0.4 is 5.43 Å². The summed E-state index contributed by atoms with van der Waals surface area (Å²) >= 11 is 0. The van der Waals surface area contributed by atoms with Crippen molar-refractivity contribution in [2.75, 3.05) is 0 Å². The number of amides is 2. The molecule has 36 heavy (non-hydrogen) atoms. The Morgan fingerprint density at radius 1 is 0.944 bits per heavy atom. The third kappa shape index (κ3) is 9.12. The zero-order valence-electron chi connectivity index (χ0n) is 22.0. The van der Waals surface area contributed by atoms with Gasteiger partial charge in [-0.2, -0.15) is 0 Å². The van der Waals surface area contributed by atoms with Crippen molar-refractivity contribution in [3.8, 4) is 0 Å². The first-order chi connectivity index (χ1) is 16.9. The molecule has 2 amide bonds. The quantitative estimate of drug-likeness (QED) is 0.243. The lowest BCUT2D eigenvalue weighted by atomic mass is 10.1. The van der Waals surface area contributed by atoms with Gasteiger partial charge in [0.2, 0.25) is 0 Å². The van der Waals surface area contributed by atoms with Gasteiger partial charge in [0.15, 0.2) is 8.32 Å². The molecule has 2 aromatic rings. The highest BCUT2D eigenvalue weighted by Gasteiger charge is 2.39. The van der Waals surface area contributed by atoms with Crippen molar-refractivity contribution in [1.29, 1.82) is 0 Å². The van der Waals surface area contributed by atoms with E-state index in [1.54, 1.807) is 0 Å². The molecule has 0 aliphatic heterocycles. The van der Waals surface area contributed by atoms with E-state index in [2.05, 4.69) is 39.3 Å². The lowest BCUT2D eigenvalue weighted by molar-refractivity contribution is -0.113. The molecule has 0 bridgehead atoms. The molecule has 2 unspecified atom stereocenters. The smallest absolute Gasteiger partial charge is 0.429 e. The summed E-state index contributed by atoms with van der Waals surface area (Å²) in [5.74, 6) is 0. The highest BCUT2D eigenvalue weighted by molar-refractivity contribution is 6.74. The molecule has 0 aliphatic rings. The fourth-order valence-corrected chi connectivity index (χ4v) is 4.65. The summed E-state index contributed by atoms with van der Waals surface area (Å²) in [5.41, 5.74) is 3.95. The molecule has 0 aliphatic carbocycles. The maximum Gasteiger partial charge on any atom is 0.429 e. The Balaban J connectivity index is 2.12. The highest BCUT2D eigenvalue weighted by atomic mass is 28.4. The van der Waals surface area contributed by atoms with Gasteiger partial charge in [-0.15, -0.1) is 0 Å². The summed E-state index contributed by atoms with van der Waals surface area (Å²) in [6, 6.07) is 17.3. The zero-order valence-corrected chi connectivity index (χ0v) is 23.0. The predicted octanol–water partition coefficient (Wildman–Crippen LogP) is 5.83. The topological polar surface area (TPSA) is 94.2 Å². The van der Waals surface area contributed by atoms with E-state index in [1.807, 2.05) is 67.6 Å². The molecule has 1 N–H and O–H groups in total. The molecule has 0 saturated carbocycles. The average Bonchev–Trinajstić information content (AvgIpc) is 2.83. The standard InChI is InChI=1S/C27H38N2O6Si/c1-21(35-36(5,6)27(2,3)4)17-24(18-30)29(26(32)34-20-23-15-11-8-12-16-23)28-25(31)33-19-22-13-9-7-10-14-22/h7-16,18,21,24H,17,19-20H2,1-6H3,(H,28,31). The zero-order chi connectivity index (χ0) is 26.8. The van der Waals surface area contributed by atoms with Crippen molar-refractivity contribution in [3.63, 3.8) is 0 Å². The van der Waals surface area contributed by atoms with E-state index in [0.29, 0.717) is 6.29 Å². The Kier molecular flexibility index (Phi) is 10.7. The van der Waals surface area contributed by atoms with E-state index < -0.39 is 26.5 Å². The average molecular weight is 515 g/mol. The molecule has 2 rings (SSSR count). The number of hydrazine groups is 1. The number of hydrogen-bond donors (Lipinski definition) is 1. The second-order valence-corrected chi connectivity index (χ2v) is 15.0. The van der Waals surface area contributed by atoms with Gasteiger partial charge >= 0.3 is 12.2 Å². The number of nitrogens with zero attached hydrogens (tertiary/aromatic N) is 1. The predicted molar refractivity (Wildman–Crippen MR) is 140 cm³/mol. The number of nitrogens with one attached hydrogen (secondary N) is 1. The van der Waals surface area contributed by atoms with Crippen molar-refractivity contribution < 1.29 is 28.3 Å². The molecule has 0 aromatic heterocycles. The van der Waals surface area contributed by atoms with E-state index in [4.69, 9.17) is 13.9 Å². The molecule has 2 aromatic carbocycles. The van der Waals surface area contributed by atoms with Crippen LogP contribution in [0.3, 0.4) is 0 Å². The summed E-state index contributed by atoms with van der Waals surface area (Å²) in [4.78, 5) is 37.6. The van der Waals surface area contributed by atoms with Crippen molar-refractivity contribution in [3.05, 3.63) is 71.8 Å². The summed E-state index contributed by atoms with van der Waals surface area (Å²) in [6.45, 7) is 12.5. The van der Waals surface area contributed by atoms with Crippen molar-refractivity contribution in [2.24, 2.45) is 0 Å². The largest absolute Gasteiger partial charge is 0.443 e. The van der Waals surface area contributed by atoms with Gasteiger partial charge in [-0.25, -0.2) is 20.0 Å². The van der Waals surface area contributed by atoms with Crippen LogP contribution in [0.1, 0.15) is 45.2 Å². The van der Waals surface area contributed by atoms with Crippen LogP contribution in [0.15, 0.2) is 60.7 Å². The Morgan fingerprint density at radius 2 is 1.44 bits per heavy atom. The number of benzene rings is 2. The Bertz CT molecular complexity index is 979. The van der Waals surface area contributed by atoms with E-state index >= 15 is 0 Å². The minimum absolute atomic E-state index is 0.0101. The maximum atomic E-state index is 13.0. The van der Waals surface area contributed by atoms with E-state index in [1.165, 1.54) is 0 Å². The fourth-order valence-electron chi connectivity index (χ4n) is 3.20. The Hall–Kier alpha value is -3.17. The van der Waals surface area contributed by atoms with Crippen LogP contribution in [-0.4, -0.2) is 43.9 Å². The molecule has 0 fully saturated rings. The lowest BCUT2D eigenvalue weighted by Crippen LogP contribution is -2.54. The summed E-state index contributed by atoms with van der Waals surface area (Å²) in [7, 11) is -2.11. The molecular weight excluding hydrogens is 476 g/mol. The van der Waals surface area contributed by atoms with Crippen LogP contribution in [0.2, 0.25) is 18.1 Å². The van der Waals surface area contributed by atoms with E-state index in [0.717, 1.165) is 16.1 Å². The van der Waals surface area contributed by atoms with Crippen molar-refractivity contribution in [2.45, 2.75) is 77.6 Å². The molecule has 0 heterocycles. The molecule has 9 heteroatoms. The number of carbonyl (C=O) groups excluding carboxylic acids is 3. The van der Waals surface area contributed by atoms with Crippen LogP contribution in [0.4, 0.5) is 9.59 Å². The van der Waals surface area contributed by atoms with Crippen molar-refractivity contribution in [1.82, 2.24) is 10.4 Å². The molecule has 0 spiro atoms. The van der Waals surface area contributed by atoms with Crippen LogP contribution in [0.25, 0.3) is 0 Å². The minimum atomic E-state index is -2.11. The van der Waals surface area contributed by atoms with Gasteiger partial charge < -0.3 is 18.7 Å². The maximum absolute atomic E-state index is 13.0. The molecular formula is C27H38N2O6Si. The first-order valence-corrected chi connectivity index (χ1v) is 14.9. The van der Waals surface area contributed by atoms with Gasteiger partial charge in [-0.05, 0) is 36.2 Å². The van der Waals surface area contributed by atoms with Gasteiger partial charge in [-0.1, -0.05) is 81.4 Å².